The van der Waals surface area contributed by atoms with Gasteiger partial charge in [0.05, 0.1) is 4.47 Å². The molecule has 0 spiro atoms. The summed E-state index contributed by atoms with van der Waals surface area (Å²) < 4.78 is 5.86. The first-order valence-electron chi connectivity index (χ1n) is 5.20. The van der Waals surface area contributed by atoms with E-state index in [1.807, 2.05) is 6.07 Å². The van der Waals surface area contributed by atoms with Crippen LogP contribution in [-0.2, 0) is 9.53 Å². The Morgan fingerprint density at radius 3 is 3.12 bits per heavy atom. The normalized spacial score (nSPS) is 18.7. The lowest BCUT2D eigenvalue weighted by Crippen LogP contribution is -2.27. The Morgan fingerprint density at radius 2 is 2.47 bits per heavy atom. The molecule has 1 aliphatic heterocycles. The Balaban J connectivity index is 2.08. The number of rotatable bonds is 2. The van der Waals surface area contributed by atoms with Gasteiger partial charge in [0, 0.05) is 6.61 Å². The van der Waals surface area contributed by atoms with Crippen molar-refractivity contribution < 1.29 is 9.53 Å². The molecule has 1 fully saturated rings. The van der Waals surface area contributed by atoms with Crippen molar-refractivity contribution in [3.05, 3.63) is 22.3 Å². The number of aromatic nitrogens is 1. The number of ether oxygens (including phenoxy) is 1. The quantitative estimate of drug-likeness (QED) is 0.903. The summed E-state index contributed by atoms with van der Waals surface area (Å²) >= 11 is 3.20. The third-order valence-corrected chi connectivity index (χ3v) is 3.07. The van der Waals surface area contributed by atoms with E-state index in [4.69, 9.17) is 10.00 Å². The van der Waals surface area contributed by atoms with Gasteiger partial charge in [0.15, 0.2) is 5.69 Å². The molecule has 2 heterocycles. The summed E-state index contributed by atoms with van der Waals surface area (Å²) in [6.07, 6.45) is 1.23. The molecule has 1 saturated heterocycles. The van der Waals surface area contributed by atoms with Crippen LogP contribution in [0.4, 0.5) is 5.82 Å². The van der Waals surface area contributed by atoms with E-state index < -0.39 is 6.10 Å². The van der Waals surface area contributed by atoms with Crippen LogP contribution in [0.2, 0.25) is 0 Å². The third kappa shape index (κ3) is 2.81. The number of hydrogen-bond donors (Lipinski definition) is 1. The molecule has 0 bridgehead atoms. The number of pyridine rings is 1. The standard InChI is InChI=1S/C11H10BrN3O2/c12-7-3-4-10(14-8(7)6-13)15-11(16)9-2-1-5-17-9/h3-4,9H,1-2,5H2,(H,14,15,16)/t9-/m1/s1. The highest BCUT2D eigenvalue weighted by molar-refractivity contribution is 9.10. The SMILES string of the molecule is N#Cc1nc(NC(=O)[C@H]2CCCO2)ccc1Br. The fourth-order valence-electron chi connectivity index (χ4n) is 1.58. The number of carbonyl (C=O) groups excluding carboxylic acids is 1. The van der Waals surface area contributed by atoms with Crippen LogP contribution in [0.25, 0.3) is 0 Å². The minimum atomic E-state index is -0.397. The third-order valence-electron chi connectivity index (χ3n) is 2.43. The lowest BCUT2D eigenvalue weighted by Gasteiger charge is -2.09. The Bertz CT molecular complexity index is 478. The maximum atomic E-state index is 11.7. The second-order valence-corrected chi connectivity index (χ2v) is 4.48. The predicted molar refractivity (Wildman–Crippen MR) is 64.3 cm³/mol. The van der Waals surface area contributed by atoms with Crippen LogP contribution in [0, 0.1) is 11.3 Å². The van der Waals surface area contributed by atoms with Crippen LogP contribution >= 0.6 is 15.9 Å². The van der Waals surface area contributed by atoms with Gasteiger partial charge in [-0.05, 0) is 40.9 Å². The number of anilines is 1. The summed E-state index contributed by atoms with van der Waals surface area (Å²) in [4.78, 5) is 15.7. The lowest BCUT2D eigenvalue weighted by atomic mass is 10.2. The number of hydrogen-bond acceptors (Lipinski definition) is 4. The summed E-state index contributed by atoms with van der Waals surface area (Å²) in [5, 5.41) is 11.4. The first-order chi connectivity index (χ1) is 8.20. The molecule has 6 heteroatoms. The highest BCUT2D eigenvalue weighted by Crippen LogP contribution is 2.18. The first kappa shape index (κ1) is 12.0. The highest BCUT2D eigenvalue weighted by atomic mass is 79.9. The molecule has 0 radical (unpaired) electrons. The predicted octanol–water partition coefficient (Wildman–Crippen LogP) is 1.83. The number of halogens is 1. The molecule has 1 amide bonds. The molecule has 0 saturated carbocycles. The van der Waals surface area contributed by atoms with Crippen molar-refractivity contribution in [1.29, 1.82) is 5.26 Å². The van der Waals surface area contributed by atoms with E-state index in [9.17, 15) is 4.79 Å². The summed E-state index contributed by atoms with van der Waals surface area (Å²) in [5.41, 5.74) is 0.246. The van der Waals surface area contributed by atoms with E-state index in [1.54, 1.807) is 12.1 Å². The topological polar surface area (TPSA) is 75.0 Å². The largest absolute Gasteiger partial charge is 0.368 e. The zero-order valence-corrected chi connectivity index (χ0v) is 10.5. The molecule has 1 aliphatic rings. The van der Waals surface area contributed by atoms with Gasteiger partial charge in [-0.3, -0.25) is 4.79 Å². The molecule has 88 valence electrons. The molecule has 5 nitrogen and oxygen atoms in total. The first-order valence-corrected chi connectivity index (χ1v) is 5.99. The maximum Gasteiger partial charge on any atom is 0.254 e. The molecule has 1 aromatic heterocycles. The molecular weight excluding hydrogens is 286 g/mol. The summed E-state index contributed by atoms with van der Waals surface area (Å²) in [7, 11) is 0. The molecule has 1 atom stereocenters. The monoisotopic (exact) mass is 295 g/mol. The van der Waals surface area contributed by atoms with E-state index in [2.05, 4.69) is 26.2 Å². The fraction of sp³-hybridized carbons (Fsp3) is 0.364. The maximum absolute atomic E-state index is 11.7. The van der Waals surface area contributed by atoms with Crippen LogP contribution in [0.15, 0.2) is 16.6 Å². The van der Waals surface area contributed by atoms with Crippen molar-refractivity contribution in [3.63, 3.8) is 0 Å². The van der Waals surface area contributed by atoms with Gasteiger partial charge in [0.1, 0.15) is 18.0 Å². The van der Waals surface area contributed by atoms with E-state index in [0.29, 0.717) is 16.9 Å². The molecular formula is C11H10BrN3O2. The highest BCUT2D eigenvalue weighted by Gasteiger charge is 2.23. The van der Waals surface area contributed by atoms with Crippen molar-refractivity contribution in [2.24, 2.45) is 0 Å². The second kappa shape index (κ2) is 5.25. The average molecular weight is 296 g/mol. The van der Waals surface area contributed by atoms with Gasteiger partial charge in [0.2, 0.25) is 0 Å². The zero-order valence-electron chi connectivity index (χ0n) is 8.94. The summed E-state index contributed by atoms with van der Waals surface area (Å²) in [6.45, 7) is 0.620. The Morgan fingerprint density at radius 1 is 1.65 bits per heavy atom. The smallest absolute Gasteiger partial charge is 0.254 e. The van der Waals surface area contributed by atoms with Gasteiger partial charge in [-0.15, -0.1) is 0 Å². The van der Waals surface area contributed by atoms with Crippen LogP contribution in [0.3, 0.4) is 0 Å². The van der Waals surface area contributed by atoms with Crippen LogP contribution in [0.5, 0.6) is 0 Å². The van der Waals surface area contributed by atoms with Gasteiger partial charge >= 0.3 is 0 Å². The van der Waals surface area contributed by atoms with Crippen molar-refractivity contribution in [2.75, 3.05) is 11.9 Å². The lowest BCUT2D eigenvalue weighted by molar-refractivity contribution is -0.124. The van der Waals surface area contributed by atoms with Gasteiger partial charge in [0.25, 0.3) is 5.91 Å². The van der Waals surface area contributed by atoms with Crippen molar-refractivity contribution >= 4 is 27.7 Å². The number of nitrogens with one attached hydrogen (secondary N) is 1. The number of nitriles is 1. The van der Waals surface area contributed by atoms with Crippen molar-refractivity contribution in [1.82, 2.24) is 4.98 Å². The summed E-state index contributed by atoms with van der Waals surface area (Å²) in [5.74, 6) is 0.159. The van der Waals surface area contributed by atoms with Gasteiger partial charge in [-0.2, -0.15) is 5.26 Å². The van der Waals surface area contributed by atoms with Crippen LogP contribution in [0.1, 0.15) is 18.5 Å². The zero-order chi connectivity index (χ0) is 12.3. The Kier molecular flexibility index (Phi) is 3.71. The summed E-state index contributed by atoms with van der Waals surface area (Å²) in [6, 6.07) is 5.25. The number of carbonyl (C=O) groups is 1. The molecule has 1 aromatic rings. The minimum absolute atomic E-state index is 0.207. The van der Waals surface area contributed by atoms with Crippen LogP contribution in [-0.4, -0.2) is 23.6 Å². The Labute approximate surface area is 107 Å². The Hall–Kier alpha value is -1.45. The van der Waals surface area contributed by atoms with E-state index in [1.165, 1.54) is 0 Å². The average Bonchev–Trinajstić information content (AvgIpc) is 2.85. The number of amides is 1. The second-order valence-electron chi connectivity index (χ2n) is 3.63. The van der Waals surface area contributed by atoms with Crippen molar-refractivity contribution in [3.8, 4) is 6.07 Å². The fourth-order valence-corrected chi connectivity index (χ4v) is 1.89. The molecule has 0 aliphatic carbocycles. The molecule has 0 unspecified atom stereocenters. The van der Waals surface area contributed by atoms with Gasteiger partial charge in [-0.1, -0.05) is 0 Å². The molecule has 17 heavy (non-hydrogen) atoms. The molecule has 2 rings (SSSR count). The van der Waals surface area contributed by atoms with E-state index in [-0.39, 0.29) is 11.6 Å². The molecule has 1 N–H and O–H groups in total. The van der Waals surface area contributed by atoms with Crippen LogP contribution < -0.4 is 5.32 Å². The van der Waals surface area contributed by atoms with E-state index >= 15 is 0 Å². The molecule has 0 aromatic carbocycles. The van der Waals surface area contributed by atoms with Crippen molar-refractivity contribution in [2.45, 2.75) is 18.9 Å². The van der Waals surface area contributed by atoms with E-state index in [0.717, 1.165) is 12.8 Å². The van der Waals surface area contributed by atoms with Gasteiger partial charge < -0.3 is 10.1 Å². The minimum Gasteiger partial charge on any atom is -0.368 e. The van der Waals surface area contributed by atoms with Gasteiger partial charge in [-0.25, -0.2) is 4.98 Å². The number of nitrogens with zero attached hydrogens (tertiary/aromatic N) is 2.